The second-order valence-corrected chi connectivity index (χ2v) is 2.52. The Morgan fingerprint density at radius 1 is 0.824 bits per heavy atom. The highest BCUT2D eigenvalue weighted by molar-refractivity contribution is 5.91. The van der Waals surface area contributed by atoms with Crippen LogP contribution in [0, 0.1) is 23.7 Å². The number of carbonyl (C=O) groups excluding carboxylic acids is 2. The second-order valence-electron chi connectivity index (χ2n) is 2.52. The van der Waals surface area contributed by atoms with Crippen molar-refractivity contribution in [2.75, 3.05) is 26.4 Å². The summed E-state index contributed by atoms with van der Waals surface area (Å²) in [4.78, 5) is 22.0. The van der Waals surface area contributed by atoms with Crippen LogP contribution >= 0.6 is 0 Å². The molecule has 6 heteroatoms. The molecule has 0 saturated carbocycles. The molecule has 2 N–H and O–H groups in total. The molecule has 0 saturated heterocycles. The van der Waals surface area contributed by atoms with Crippen LogP contribution in [0.1, 0.15) is 6.42 Å². The summed E-state index contributed by atoms with van der Waals surface area (Å²) in [6.45, 7) is -1.000. The zero-order valence-corrected chi connectivity index (χ0v) is 9.06. The predicted molar refractivity (Wildman–Crippen MR) is 56.3 cm³/mol. The van der Waals surface area contributed by atoms with Gasteiger partial charge in [-0.3, -0.25) is 9.59 Å². The van der Waals surface area contributed by atoms with E-state index in [-0.39, 0.29) is 26.4 Å². The van der Waals surface area contributed by atoms with Crippen LogP contribution in [0.2, 0.25) is 0 Å². The fourth-order valence-corrected chi connectivity index (χ4v) is 0.667. The van der Waals surface area contributed by atoms with Gasteiger partial charge in [-0.1, -0.05) is 23.7 Å². The second kappa shape index (κ2) is 10.5. The van der Waals surface area contributed by atoms with Gasteiger partial charge in [0.15, 0.2) is 13.2 Å². The van der Waals surface area contributed by atoms with Gasteiger partial charge < -0.3 is 19.7 Å². The first-order valence-electron chi connectivity index (χ1n) is 4.65. The summed E-state index contributed by atoms with van der Waals surface area (Å²) in [7, 11) is 0. The van der Waals surface area contributed by atoms with Crippen molar-refractivity contribution < 1.29 is 29.3 Å². The van der Waals surface area contributed by atoms with Crippen molar-refractivity contribution >= 4 is 11.9 Å². The van der Waals surface area contributed by atoms with Gasteiger partial charge in [-0.25, -0.2) is 0 Å². The van der Waals surface area contributed by atoms with Crippen molar-refractivity contribution in [3.63, 3.8) is 0 Å². The number of rotatable bonds is 4. The minimum Gasteiger partial charge on any atom is -0.452 e. The Bertz CT molecular complexity index is 329. The minimum atomic E-state index is -0.766. The third-order valence-corrected chi connectivity index (χ3v) is 1.31. The molecule has 0 aromatic carbocycles. The summed E-state index contributed by atoms with van der Waals surface area (Å²) in [6.07, 6.45) is -0.526. The highest BCUT2D eigenvalue weighted by atomic mass is 16.6. The molecule has 0 unspecified atom stereocenters. The molecule has 6 nitrogen and oxygen atoms in total. The van der Waals surface area contributed by atoms with Gasteiger partial charge in [-0.15, -0.1) is 0 Å². The normalized spacial score (nSPS) is 8.12. The summed E-state index contributed by atoms with van der Waals surface area (Å²) in [5, 5.41) is 16.6. The standard InChI is InChI=1S/C11H12O6/c12-5-1-3-7-16-10(14)9-11(15)17-8-4-2-6-13/h12-13H,5-9H2. The highest BCUT2D eigenvalue weighted by Gasteiger charge is 2.10. The molecule has 0 spiro atoms. The molecule has 0 atom stereocenters. The van der Waals surface area contributed by atoms with Gasteiger partial charge in [0.2, 0.25) is 0 Å². The number of carbonyl (C=O) groups is 2. The molecule has 0 amide bonds. The molecule has 0 aliphatic carbocycles. The Labute approximate surface area is 98.5 Å². The fraction of sp³-hybridized carbons (Fsp3) is 0.455. The van der Waals surface area contributed by atoms with Gasteiger partial charge in [0.05, 0.1) is 0 Å². The van der Waals surface area contributed by atoms with Gasteiger partial charge in [0.1, 0.15) is 19.6 Å². The highest BCUT2D eigenvalue weighted by Crippen LogP contribution is 1.90. The van der Waals surface area contributed by atoms with Crippen LogP contribution in [-0.4, -0.2) is 48.6 Å². The number of ether oxygens (including phenoxy) is 2. The molecule has 0 aromatic rings. The van der Waals surface area contributed by atoms with Crippen molar-refractivity contribution in [3.8, 4) is 23.7 Å². The maximum absolute atomic E-state index is 11.0. The topological polar surface area (TPSA) is 93.1 Å². The predicted octanol–water partition coefficient (Wildman–Crippen LogP) is -1.55. The number of aliphatic hydroxyl groups excluding tert-OH is 2. The maximum Gasteiger partial charge on any atom is 0.318 e. The number of hydrogen-bond acceptors (Lipinski definition) is 6. The Kier molecular flexibility index (Phi) is 9.25. The Morgan fingerprint density at radius 3 is 1.59 bits per heavy atom. The van der Waals surface area contributed by atoms with Crippen LogP contribution in [-0.2, 0) is 19.1 Å². The number of esters is 2. The quantitative estimate of drug-likeness (QED) is 0.351. The summed E-state index contributed by atoms with van der Waals surface area (Å²) in [6, 6.07) is 0. The van der Waals surface area contributed by atoms with Gasteiger partial charge >= 0.3 is 11.9 Å². The van der Waals surface area contributed by atoms with Gasteiger partial charge in [-0.05, 0) is 0 Å². The van der Waals surface area contributed by atoms with Crippen LogP contribution in [0.4, 0.5) is 0 Å². The first kappa shape index (κ1) is 15.0. The summed E-state index contributed by atoms with van der Waals surface area (Å²) in [5.74, 6) is 7.73. The van der Waals surface area contributed by atoms with E-state index in [2.05, 4.69) is 33.2 Å². The summed E-state index contributed by atoms with van der Waals surface area (Å²) < 4.78 is 9.08. The van der Waals surface area contributed by atoms with E-state index in [1.165, 1.54) is 0 Å². The first-order valence-corrected chi connectivity index (χ1v) is 4.65. The molecule has 0 bridgehead atoms. The first-order chi connectivity index (χ1) is 8.20. The third kappa shape index (κ3) is 10.3. The summed E-state index contributed by atoms with van der Waals surface area (Å²) >= 11 is 0. The average molecular weight is 240 g/mol. The maximum atomic E-state index is 11.0. The molecule has 0 radical (unpaired) electrons. The van der Waals surface area contributed by atoms with Crippen LogP contribution in [0.25, 0.3) is 0 Å². The van der Waals surface area contributed by atoms with Crippen LogP contribution in [0.5, 0.6) is 0 Å². The van der Waals surface area contributed by atoms with E-state index in [0.29, 0.717) is 0 Å². The van der Waals surface area contributed by atoms with Gasteiger partial charge in [0, 0.05) is 0 Å². The lowest BCUT2D eigenvalue weighted by molar-refractivity contribution is -0.152. The largest absolute Gasteiger partial charge is 0.452 e. The van der Waals surface area contributed by atoms with Crippen molar-refractivity contribution in [1.29, 1.82) is 0 Å². The van der Waals surface area contributed by atoms with E-state index >= 15 is 0 Å². The van der Waals surface area contributed by atoms with E-state index in [1.54, 1.807) is 0 Å². The third-order valence-electron chi connectivity index (χ3n) is 1.31. The molecule has 17 heavy (non-hydrogen) atoms. The molecular formula is C11H12O6. The molecule has 0 aromatic heterocycles. The molecule has 0 heterocycles. The SMILES string of the molecule is O=C(CC(=O)OCC#CCO)OCC#CCO. The van der Waals surface area contributed by atoms with E-state index in [0.717, 1.165) is 0 Å². The van der Waals surface area contributed by atoms with Crippen molar-refractivity contribution in [3.05, 3.63) is 0 Å². The molecule has 0 rings (SSSR count). The van der Waals surface area contributed by atoms with E-state index < -0.39 is 18.4 Å². The molecule has 0 fully saturated rings. The Hall–Kier alpha value is -2.02. The lowest BCUT2D eigenvalue weighted by atomic mass is 10.4. The molecule has 0 aliphatic heterocycles. The zero-order valence-electron chi connectivity index (χ0n) is 9.06. The minimum absolute atomic E-state index is 0.184. The van der Waals surface area contributed by atoms with Crippen LogP contribution in [0.3, 0.4) is 0 Å². The van der Waals surface area contributed by atoms with E-state index in [9.17, 15) is 9.59 Å². The molecule has 92 valence electrons. The Balaban J connectivity index is 3.69. The van der Waals surface area contributed by atoms with Crippen molar-refractivity contribution in [1.82, 2.24) is 0 Å². The van der Waals surface area contributed by atoms with Crippen molar-refractivity contribution in [2.45, 2.75) is 6.42 Å². The zero-order chi connectivity index (χ0) is 12.9. The molecular weight excluding hydrogens is 228 g/mol. The monoisotopic (exact) mass is 240 g/mol. The molecule has 0 aliphatic rings. The van der Waals surface area contributed by atoms with E-state index in [1.807, 2.05) is 0 Å². The fourth-order valence-electron chi connectivity index (χ4n) is 0.667. The lowest BCUT2D eigenvalue weighted by Crippen LogP contribution is -2.14. The number of hydrogen-bond donors (Lipinski definition) is 2. The average Bonchev–Trinajstić information content (AvgIpc) is 2.30. The van der Waals surface area contributed by atoms with E-state index in [4.69, 9.17) is 10.2 Å². The Morgan fingerprint density at radius 2 is 1.24 bits per heavy atom. The lowest BCUT2D eigenvalue weighted by Gasteiger charge is -2.00. The van der Waals surface area contributed by atoms with Gasteiger partial charge in [0.25, 0.3) is 0 Å². The van der Waals surface area contributed by atoms with Crippen molar-refractivity contribution in [2.24, 2.45) is 0 Å². The number of aliphatic hydroxyl groups is 2. The summed E-state index contributed by atoms with van der Waals surface area (Å²) in [5.41, 5.74) is 0. The smallest absolute Gasteiger partial charge is 0.318 e. The van der Waals surface area contributed by atoms with Crippen LogP contribution in [0.15, 0.2) is 0 Å². The van der Waals surface area contributed by atoms with Gasteiger partial charge in [-0.2, -0.15) is 0 Å². The van der Waals surface area contributed by atoms with Crippen LogP contribution < -0.4 is 0 Å².